The van der Waals surface area contributed by atoms with Crippen LogP contribution >= 0.6 is 15.9 Å². The zero-order valence-corrected chi connectivity index (χ0v) is 14.9. The van der Waals surface area contributed by atoms with Crippen LogP contribution in [0.15, 0.2) is 4.60 Å². The first kappa shape index (κ1) is 16.0. The summed E-state index contributed by atoms with van der Waals surface area (Å²) in [5.41, 5.74) is 1.44. The highest BCUT2D eigenvalue weighted by molar-refractivity contribution is 9.10. The third kappa shape index (κ3) is 3.82. The van der Waals surface area contributed by atoms with Crippen molar-refractivity contribution in [3.63, 3.8) is 0 Å². The van der Waals surface area contributed by atoms with E-state index in [1.54, 1.807) is 0 Å². The molecule has 2 rings (SSSR count). The first-order valence-electron chi connectivity index (χ1n) is 7.58. The molecule has 1 aromatic rings. The molecule has 20 heavy (non-hydrogen) atoms. The predicted octanol–water partition coefficient (Wildman–Crippen LogP) is 3.49. The molecule has 3 unspecified atom stereocenters. The van der Waals surface area contributed by atoms with Crippen LogP contribution in [0, 0.1) is 11.8 Å². The van der Waals surface area contributed by atoms with E-state index < -0.39 is 0 Å². The van der Waals surface area contributed by atoms with Gasteiger partial charge in [0.2, 0.25) is 0 Å². The minimum absolute atomic E-state index is 0.176. The molecule has 1 saturated carbocycles. The Bertz CT molecular complexity index is 430. The lowest BCUT2D eigenvalue weighted by Gasteiger charge is -2.36. The summed E-state index contributed by atoms with van der Waals surface area (Å²) in [5, 5.41) is 12.0. The van der Waals surface area contributed by atoms with Gasteiger partial charge in [0, 0.05) is 18.5 Å². The van der Waals surface area contributed by atoms with Gasteiger partial charge in [0.25, 0.3) is 0 Å². The van der Waals surface area contributed by atoms with Crippen molar-refractivity contribution in [2.24, 2.45) is 18.9 Å². The molecule has 1 aliphatic rings. The number of hydrogen-bond donors (Lipinski definition) is 1. The SMILES string of the molecule is CC1CCC(CNC(C)(C)C)C(c2c(Br)nnn2C)C1. The van der Waals surface area contributed by atoms with E-state index in [0.29, 0.717) is 11.8 Å². The van der Waals surface area contributed by atoms with Gasteiger partial charge in [-0.2, -0.15) is 0 Å². The molecule has 1 fully saturated rings. The van der Waals surface area contributed by atoms with E-state index in [9.17, 15) is 0 Å². The van der Waals surface area contributed by atoms with E-state index in [-0.39, 0.29) is 5.54 Å². The summed E-state index contributed by atoms with van der Waals surface area (Å²) in [7, 11) is 2.00. The van der Waals surface area contributed by atoms with E-state index in [1.165, 1.54) is 25.0 Å². The van der Waals surface area contributed by atoms with Gasteiger partial charge >= 0.3 is 0 Å². The van der Waals surface area contributed by atoms with Gasteiger partial charge in [-0.3, -0.25) is 4.68 Å². The highest BCUT2D eigenvalue weighted by Crippen LogP contribution is 2.42. The van der Waals surface area contributed by atoms with Crippen LogP contribution in [0.4, 0.5) is 0 Å². The highest BCUT2D eigenvalue weighted by atomic mass is 79.9. The minimum Gasteiger partial charge on any atom is -0.312 e. The van der Waals surface area contributed by atoms with E-state index in [1.807, 2.05) is 11.7 Å². The van der Waals surface area contributed by atoms with Crippen molar-refractivity contribution < 1.29 is 0 Å². The average Bonchev–Trinajstić information content (AvgIpc) is 2.66. The molecular formula is C15H27BrN4. The first-order chi connectivity index (χ1) is 9.28. The summed E-state index contributed by atoms with van der Waals surface area (Å²) in [5.74, 6) is 1.99. The van der Waals surface area contributed by atoms with Crippen molar-refractivity contribution >= 4 is 15.9 Å². The van der Waals surface area contributed by atoms with Gasteiger partial charge in [0.1, 0.15) is 0 Å². The molecule has 0 radical (unpaired) electrons. The Labute approximate surface area is 130 Å². The summed E-state index contributed by atoms with van der Waals surface area (Å²) in [6, 6.07) is 0. The number of aryl methyl sites for hydroxylation is 1. The Kier molecular flexibility index (Phi) is 4.90. The van der Waals surface area contributed by atoms with Gasteiger partial charge in [0.15, 0.2) is 4.60 Å². The second-order valence-electron chi connectivity index (χ2n) is 7.30. The Morgan fingerprint density at radius 2 is 2.05 bits per heavy atom. The summed E-state index contributed by atoms with van der Waals surface area (Å²) in [6.45, 7) is 10.1. The molecule has 0 bridgehead atoms. The quantitative estimate of drug-likeness (QED) is 0.914. The Morgan fingerprint density at radius 3 is 2.60 bits per heavy atom. The average molecular weight is 343 g/mol. The maximum absolute atomic E-state index is 4.17. The maximum Gasteiger partial charge on any atom is 0.151 e. The number of aromatic nitrogens is 3. The van der Waals surface area contributed by atoms with Crippen molar-refractivity contribution in [2.75, 3.05) is 6.54 Å². The monoisotopic (exact) mass is 342 g/mol. The maximum atomic E-state index is 4.17. The summed E-state index contributed by atoms with van der Waals surface area (Å²) < 4.78 is 2.86. The molecule has 1 aromatic heterocycles. The van der Waals surface area contributed by atoms with Gasteiger partial charge in [-0.15, -0.1) is 5.10 Å². The predicted molar refractivity (Wildman–Crippen MR) is 85.7 cm³/mol. The molecule has 0 aliphatic heterocycles. The second-order valence-corrected chi connectivity index (χ2v) is 8.06. The summed E-state index contributed by atoms with van der Waals surface area (Å²) in [6.07, 6.45) is 3.85. The molecule has 5 heteroatoms. The number of halogens is 1. The zero-order chi connectivity index (χ0) is 14.9. The van der Waals surface area contributed by atoms with Crippen molar-refractivity contribution in [3.05, 3.63) is 10.3 Å². The molecule has 1 heterocycles. The van der Waals surface area contributed by atoms with E-state index in [0.717, 1.165) is 17.1 Å². The van der Waals surface area contributed by atoms with Gasteiger partial charge in [-0.25, -0.2) is 0 Å². The van der Waals surface area contributed by atoms with Crippen molar-refractivity contribution in [2.45, 2.75) is 58.4 Å². The van der Waals surface area contributed by atoms with Crippen molar-refractivity contribution in [3.8, 4) is 0 Å². The minimum atomic E-state index is 0.176. The zero-order valence-electron chi connectivity index (χ0n) is 13.3. The van der Waals surface area contributed by atoms with Crippen LogP contribution in [-0.2, 0) is 7.05 Å². The molecule has 114 valence electrons. The van der Waals surface area contributed by atoms with Crippen LogP contribution in [0.5, 0.6) is 0 Å². The highest BCUT2D eigenvalue weighted by Gasteiger charge is 2.34. The molecule has 1 aliphatic carbocycles. The number of nitrogens with one attached hydrogen (secondary N) is 1. The van der Waals surface area contributed by atoms with Crippen molar-refractivity contribution in [1.82, 2.24) is 20.3 Å². The normalized spacial score (nSPS) is 27.8. The molecule has 1 N–H and O–H groups in total. The van der Waals surface area contributed by atoms with E-state index in [2.05, 4.69) is 59.3 Å². The third-order valence-electron chi connectivity index (χ3n) is 4.33. The fraction of sp³-hybridized carbons (Fsp3) is 0.867. The molecule has 3 atom stereocenters. The van der Waals surface area contributed by atoms with Crippen LogP contribution in [0.1, 0.15) is 58.6 Å². The summed E-state index contributed by atoms with van der Waals surface area (Å²) >= 11 is 3.58. The summed E-state index contributed by atoms with van der Waals surface area (Å²) in [4.78, 5) is 0. The molecule has 0 saturated heterocycles. The van der Waals surface area contributed by atoms with Crippen molar-refractivity contribution in [1.29, 1.82) is 0 Å². The fourth-order valence-corrected chi connectivity index (χ4v) is 3.81. The van der Waals surface area contributed by atoms with Gasteiger partial charge in [0.05, 0.1) is 5.69 Å². The largest absolute Gasteiger partial charge is 0.312 e. The van der Waals surface area contributed by atoms with Crippen LogP contribution in [-0.4, -0.2) is 27.1 Å². The Morgan fingerprint density at radius 1 is 1.35 bits per heavy atom. The van der Waals surface area contributed by atoms with Crippen LogP contribution < -0.4 is 5.32 Å². The molecule has 0 aromatic carbocycles. The van der Waals surface area contributed by atoms with E-state index in [4.69, 9.17) is 0 Å². The molecule has 0 spiro atoms. The number of nitrogens with zero attached hydrogens (tertiary/aromatic N) is 3. The number of hydrogen-bond acceptors (Lipinski definition) is 3. The van der Waals surface area contributed by atoms with Crippen LogP contribution in [0.25, 0.3) is 0 Å². The van der Waals surface area contributed by atoms with Gasteiger partial charge in [-0.05, 0) is 67.9 Å². The molecular weight excluding hydrogens is 316 g/mol. The lowest BCUT2D eigenvalue weighted by atomic mass is 9.73. The molecule has 0 amide bonds. The smallest absolute Gasteiger partial charge is 0.151 e. The second kappa shape index (κ2) is 6.14. The third-order valence-corrected chi connectivity index (χ3v) is 4.89. The number of rotatable bonds is 3. The molecule has 4 nitrogen and oxygen atoms in total. The topological polar surface area (TPSA) is 42.7 Å². The standard InChI is InChI=1S/C15H27BrN4/c1-10-6-7-11(9-17-15(2,3)4)12(8-10)13-14(16)18-19-20(13)5/h10-12,17H,6-9H2,1-5H3. The Balaban J connectivity index is 2.17. The van der Waals surface area contributed by atoms with Crippen LogP contribution in [0.2, 0.25) is 0 Å². The van der Waals surface area contributed by atoms with E-state index >= 15 is 0 Å². The lowest BCUT2D eigenvalue weighted by molar-refractivity contribution is 0.220. The Hall–Kier alpha value is -0.420. The fourth-order valence-electron chi connectivity index (χ4n) is 3.19. The van der Waals surface area contributed by atoms with Gasteiger partial charge in [-0.1, -0.05) is 18.6 Å². The van der Waals surface area contributed by atoms with Crippen LogP contribution in [0.3, 0.4) is 0 Å². The first-order valence-corrected chi connectivity index (χ1v) is 8.37. The lowest BCUT2D eigenvalue weighted by Crippen LogP contribution is -2.41. The van der Waals surface area contributed by atoms with Gasteiger partial charge < -0.3 is 5.32 Å².